The lowest BCUT2D eigenvalue weighted by atomic mass is 10.1. The van der Waals surface area contributed by atoms with Gasteiger partial charge in [0.25, 0.3) is 5.69 Å². The van der Waals surface area contributed by atoms with Crippen LogP contribution in [0.15, 0.2) is 36.4 Å². The van der Waals surface area contributed by atoms with Crippen LogP contribution in [0, 0.1) is 10.1 Å². The molecule has 0 saturated heterocycles. The number of benzene rings is 2. The fourth-order valence-corrected chi connectivity index (χ4v) is 2.54. The maximum atomic E-state index is 12.2. The zero-order valence-corrected chi connectivity index (χ0v) is 15.2. The molecule has 9 heteroatoms. The van der Waals surface area contributed by atoms with Gasteiger partial charge in [-0.15, -0.1) is 0 Å². The maximum absolute atomic E-state index is 12.2. The SMILES string of the molecule is COc1ccc(OC)c(C(C)NC(=O)Nc2ccc(Cl)c([N+](=O)[O-])c2)c1. The Labute approximate surface area is 155 Å². The zero-order chi connectivity index (χ0) is 19.3. The van der Waals surface area contributed by atoms with Gasteiger partial charge in [0.15, 0.2) is 0 Å². The van der Waals surface area contributed by atoms with Gasteiger partial charge in [0, 0.05) is 17.3 Å². The average molecular weight is 380 g/mol. The first-order valence-electron chi connectivity index (χ1n) is 7.59. The van der Waals surface area contributed by atoms with Crippen molar-refractivity contribution >= 4 is 29.0 Å². The van der Waals surface area contributed by atoms with Crippen molar-refractivity contribution < 1.29 is 19.2 Å². The number of hydrogen-bond acceptors (Lipinski definition) is 5. The first-order chi connectivity index (χ1) is 12.3. The third-order valence-electron chi connectivity index (χ3n) is 3.65. The Morgan fingerprint density at radius 3 is 2.54 bits per heavy atom. The van der Waals surface area contributed by atoms with Gasteiger partial charge in [-0.05, 0) is 37.3 Å². The van der Waals surface area contributed by atoms with Crippen LogP contribution in [0.2, 0.25) is 5.02 Å². The molecule has 0 aliphatic carbocycles. The minimum atomic E-state index is -0.616. The molecule has 1 atom stereocenters. The summed E-state index contributed by atoms with van der Waals surface area (Å²) in [4.78, 5) is 22.5. The molecule has 0 aromatic heterocycles. The van der Waals surface area contributed by atoms with Crippen molar-refractivity contribution in [2.24, 2.45) is 0 Å². The van der Waals surface area contributed by atoms with Crippen LogP contribution in [0.25, 0.3) is 0 Å². The summed E-state index contributed by atoms with van der Waals surface area (Å²) in [5, 5.41) is 16.2. The third kappa shape index (κ3) is 4.54. The second kappa shape index (κ2) is 8.39. The van der Waals surface area contributed by atoms with Crippen LogP contribution in [0.3, 0.4) is 0 Å². The summed E-state index contributed by atoms with van der Waals surface area (Å²) in [6.45, 7) is 1.78. The maximum Gasteiger partial charge on any atom is 0.319 e. The molecule has 0 fully saturated rings. The van der Waals surface area contributed by atoms with Gasteiger partial charge in [-0.1, -0.05) is 11.6 Å². The van der Waals surface area contributed by atoms with Crippen LogP contribution in [0.4, 0.5) is 16.2 Å². The Morgan fingerprint density at radius 1 is 1.19 bits per heavy atom. The van der Waals surface area contributed by atoms with E-state index in [1.165, 1.54) is 25.3 Å². The Kier molecular flexibility index (Phi) is 6.24. The standard InChI is InChI=1S/C17H18ClN3O5/c1-10(13-9-12(25-2)5-7-16(13)26-3)19-17(22)20-11-4-6-14(18)15(8-11)21(23)24/h4-10H,1-3H3,(H2,19,20,22). The highest BCUT2D eigenvalue weighted by Crippen LogP contribution is 2.30. The van der Waals surface area contributed by atoms with Crippen molar-refractivity contribution in [3.63, 3.8) is 0 Å². The number of nitrogens with zero attached hydrogens (tertiary/aromatic N) is 1. The number of urea groups is 1. The molecule has 2 rings (SSSR count). The van der Waals surface area contributed by atoms with Gasteiger partial charge in [0.1, 0.15) is 16.5 Å². The van der Waals surface area contributed by atoms with Crippen molar-refractivity contribution in [2.45, 2.75) is 13.0 Å². The van der Waals surface area contributed by atoms with Crippen LogP contribution >= 0.6 is 11.6 Å². The lowest BCUT2D eigenvalue weighted by molar-refractivity contribution is -0.384. The normalized spacial score (nSPS) is 11.4. The molecule has 2 aromatic rings. The molecule has 0 saturated carbocycles. The largest absolute Gasteiger partial charge is 0.497 e. The van der Waals surface area contributed by atoms with Crippen molar-refractivity contribution in [3.8, 4) is 11.5 Å². The van der Waals surface area contributed by atoms with Gasteiger partial charge in [0.2, 0.25) is 0 Å². The molecule has 26 heavy (non-hydrogen) atoms. The van der Waals surface area contributed by atoms with Crippen LogP contribution in [0.1, 0.15) is 18.5 Å². The molecule has 0 heterocycles. The zero-order valence-electron chi connectivity index (χ0n) is 14.4. The van der Waals surface area contributed by atoms with Gasteiger partial charge in [-0.3, -0.25) is 10.1 Å². The van der Waals surface area contributed by atoms with E-state index in [9.17, 15) is 14.9 Å². The van der Waals surface area contributed by atoms with E-state index in [1.807, 2.05) is 0 Å². The van der Waals surface area contributed by atoms with Crippen molar-refractivity contribution in [1.29, 1.82) is 0 Å². The van der Waals surface area contributed by atoms with Crippen LogP contribution in [-0.4, -0.2) is 25.2 Å². The molecule has 8 nitrogen and oxygen atoms in total. The number of nitrogens with one attached hydrogen (secondary N) is 2. The highest BCUT2D eigenvalue weighted by atomic mass is 35.5. The summed E-state index contributed by atoms with van der Waals surface area (Å²) >= 11 is 5.76. The quantitative estimate of drug-likeness (QED) is 0.579. The molecule has 0 aliphatic heterocycles. The molecule has 0 spiro atoms. The van der Waals surface area contributed by atoms with Gasteiger partial charge in [-0.25, -0.2) is 4.79 Å². The van der Waals surface area contributed by atoms with E-state index in [1.54, 1.807) is 32.2 Å². The Hall–Kier alpha value is -3.00. The summed E-state index contributed by atoms with van der Waals surface area (Å²) in [5.41, 5.74) is 0.694. The number of nitro benzene ring substituents is 1. The first-order valence-corrected chi connectivity index (χ1v) is 7.97. The fourth-order valence-electron chi connectivity index (χ4n) is 2.35. The van der Waals surface area contributed by atoms with E-state index in [4.69, 9.17) is 21.1 Å². The lowest BCUT2D eigenvalue weighted by Crippen LogP contribution is -2.31. The minimum Gasteiger partial charge on any atom is -0.497 e. The first kappa shape index (κ1) is 19.3. The average Bonchev–Trinajstić information content (AvgIpc) is 2.62. The van der Waals surface area contributed by atoms with E-state index < -0.39 is 17.0 Å². The summed E-state index contributed by atoms with van der Waals surface area (Å²) in [5.74, 6) is 1.23. The number of ether oxygens (including phenoxy) is 2. The van der Waals surface area contributed by atoms with Crippen molar-refractivity contribution in [1.82, 2.24) is 5.32 Å². The van der Waals surface area contributed by atoms with E-state index in [0.717, 1.165) is 5.56 Å². The predicted molar refractivity (Wildman–Crippen MR) is 98.2 cm³/mol. The lowest BCUT2D eigenvalue weighted by Gasteiger charge is -2.18. The molecular formula is C17H18ClN3O5. The number of methoxy groups -OCH3 is 2. The number of halogens is 1. The minimum absolute atomic E-state index is 0.00422. The predicted octanol–water partition coefficient (Wildman–Crippen LogP) is 4.15. The smallest absolute Gasteiger partial charge is 0.319 e. The van der Waals surface area contributed by atoms with E-state index >= 15 is 0 Å². The molecule has 2 aromatic carbocycles. The summed E-state index contributed by atoms with van der Waals surface area (Å²) in [6.07, 6.45) is 0. The second-order valence-electron chi connectivity index (χ2n) is 5.35. The highest BCUT2D eigenvalue weighted by Gasteiger charge is 2.17. The number of carbonyl (C=O) groups excluding carboxylic acids is 1. The molecule has 2 amide bonds. The van der Waals surface area contributed by atoms with E-state index in [0.29, 0.717) is 11.5 Å². The number of amides is 2. The number of nitro groups is 1. The fraction of sp³-hybridized carbons (Fsp3) is 0.235. The topological polar surface area (TPSA) is 103 Å². The molecular weight excluding hydrogens is 362 g/mol. The van der Waals surface area contributed by atoms with Crippen LogP contribution < -0.4 is 20.1 Å². The van der Waals surface area contributed by atoms with Gasteiger partial charge < -0.3 is 20.1 Å². The van der Waals surface area contributed by atoms with Gasteiger partial charge in [0.05, 0.1) is 25.2 Å². The monoisotopic (exact) mass is 379 g/mol. The van der Waals surface area contributed by atoms with E-state index in [2.05, 4.69) is 10.6 Å². The molecule has 0 bridgehead atoms. The number of hydrogen-bond donors (Lipinski definition) is 2. The number of rotatable bonds is 6. The summed E-state index contributed by atoms with van der Waals surface area (Å²) in [7, 11) is 3.08. The van der Waals surface area contributed by atoms with Crippen LogP contribution in [-0.2, 0) is 0 Å². The van der Waals surface area contributed by atoms with Gasteiger partial charge in [-0.2, -0.15) is 0 Å². The third-order valence-corrected chi connectivity index (χ3v) is 3.97. The van der Waals surface area contributed by atoms with Crippen LogP contribution in [0.5, 0.6) is 11.5 Å². The molecule has 2 N–H and O–H groups in total. The Morgan fingerprint density at radius 2 is 1.92 bits per heavy atom. The second-order valence-corrected chi connectivity index (χ2v) is 5.76. The van der Waals surface area contributed by atoms with Gasteiger partial charge >= 0.3 is 6.03 Å². The Bertz CT molecular complexity index is 828. The molecule has 0 aliphatic rings. The molecule has 1 unspecified atom stereocenters. The Balaban J connectivity index is 2.13. The van der Waals surface area contributed by atoms with E-state index in [-0.39, 0.29) is 16.4 Å². The number of carbonyl (C=O) groups is 1. The molecule has 0 radical (unpaired) electrons. The summed E-state index contributed by atoms with van der Waals surface area (Å²) < 4.78 is 10.5. The summed E-state index contributed by atoms with van der Waals surface area (Å²) in [6, 6.07) is 8.35. The highest BCUT2D eigenvalue weighted by molar-refractivity contribution is 6.32. The van der Waals surface area contributed by atoms with Crippen molar-refractivity contribution in [2.75, 3.05) is 19.5 Å². The number of anilines is 1. The molecule has 138 valence electrons. The van der Waals surface area contributed by atoms with Crippen molar-refractivity contribution in [3.05, 3.63) is 57.1 Å².